The molecule has 2 nitrogen and oxygen atoms in total. The van der Waals surface area contributed by atoms with Gasteiger partial charge in [0.25, 0.3) is 0 Å². The Hall–Kier alpha value is -0.730. The summed E-state index contributed by atoms with van der Waals surface area (Å²) in [5.41, 5.74) is 1.21. The highest BCUT2D eigenvalue weighted by atomic mass is 35.5. The van der Waals surface area contributed by atoms with Crippen LogP contribution in [0, 0.1) is 5.92 Å². The first-order chi connectivity index (χ1) is 9.65. The monoisotopic (exact) mass is 295 g/mol. The van der Waals surface area contributed by atoms with E-state index in [0.29, 0.717) is 12.0 Å². The normalized spacial score (nSPS) is 16.6. The van der Waals surface area contributed by atoms with Crippen molar-refractivity contribution in [3.05, 3.63) is 28.8 Å². The van der Waals surface area contributed by atoms with Crippen LogP contribution in [0.15, 0.2) is 18.2 Å². The van der Waals surface area contributed by atoms with Crippen LogP contribution in [0.1, 0.15) is 51.5 Å². The number of rotatable bonds is 6. The Morgan fingerprint density at radius 1 is 1.25 bits per heavy atom. The molecule has 0 bridgehead atoms. The fourth-order valence-corrected chi connectivity index (χ4v) is 2.87. The van der Waals surface area contributed by atoms with Gasteiger partial charge in [0.2, 0.25) is 0 Å². The zero-order valence-corrected chi connectivity index (χ0v) is 13.4. The third-order valence-corrected chi connectivity index (χ3v) is 4.02. The second-order valence-electron chi connectivity index (χ2n) is 6.17. The summed E-state index contributed by atoms with van der Waals surface area (Å²) >= 11 is 6.34. The minimum atomic E-state index is 0.353. The summed E-state index contributed by atoms with van der Waals surface area (Å²) in [6.07, 6.45) is 6.57. The van der Waals surface area contributed by atoms with Crippen molar-refractivity contribution in [2.75, 3.05) is 6.54 Å². The standard InChI is InChI=1S/C17H26ClNO/c1-13(2)11-19-12-14-8-9-17(16(18)10-14)20-15-6-4-3-5-7-15/h8-10,13,15,19H,3-7,11-12H2,1-2H3. The van der Waals surface area contributed by atoms with Crippen molar-refractivity contribution in [3.8, 4) is 5.75 Å². The number of halogens is 1. The molecule has 1 N–H and O–H groups in total. The number of benzene rings is 1. The number of hydrogen-bond donors (Lipinski definition) is 1. The molecule has 1 aliphatic carbocycles. The molecule has 0 heterocycles. The first-order valence-corrected chi connectivity index (χ1v) is 8.18. The van der Waals surface area contributed by atoms with Crippen LogP contribution < -0.4 is 10.1 Å². The largest absolute Gasteiger partial charge is 0.489 e. The van der Waals surface area contributed by atoms with Gasteiger partial charge in [0, 0.05) is 6.54 Å². The van der Waals surface area contributed by atoms with E-state index in [1.165, 1.54) is 24.8 Å². The van der Waals surface area contributed by atoms with E-state index in [9.17, 15) is 0 Å². The smallest absolute Gasteiger partial charge is 0.138 e. The van der Waals surface area contributed by atoms with E-state index < -0.39 is 0 Å². The van der Waals surface area contributed by atoms with Gasteiger partial charge < -0.3 is 10.1 Å². The van der Waals surface area contributed by atoms with E-state index >= 15 is 0 Å². The predicted octanol–water partition coefficient (Wildman–Crippen LogP) is 4.80. The van der Waals surface area contributed by atoms with Gasteiger partial charge >= 0.3 is 0 Å². The van der Waals surface area contributed by atoms with Crippen molar-refractivity contribution in [2.24, 2.45) is 5.92 Å². The van der Waals surface area contributed by atoms with Crippen LogP contribution in [0.4, 0.5) is 0 Å². The lowest BCUT2D eigenvalue weighted by atomic mass is 9.98. The molecule has 112 valence electrons. The Kier molecular flexibility index (Phi) is 6.18. The highest BCUT2D eigenvalue weighted by Crippen LogP contribution is 2.29. The zero-order valence-electron chi connectivity index (χ0n) is 12.6. The summed E-state index contributed by atoms with van der Waals surface area (Å²) in [6, 6.07) is 6.15. The van der Waals surface area contributed by atoms with Gasteiger partial charge in [0.15, 0.2) is 0 Å². The van der Waals surface area contributed by atoms with Crippen molar-refractivity contribution in [1.82, 2.24) is 5.32 Å². The molecule has 0 unspecified atom stereocenters. The van der Waals surface area contributed by atoms with Gasteiger partial charge in [-0.3, -0.25) is 0 Å². The van der Waals surface area contributed by atoms with Gasteiger partial charge in [-0.2, -0.15) is 0 Å². The average molecular weight is 296 g/mol. The van der Waals surface area contributed by atoms with E-state index in [4.69, 9.17) is 16.3 Å². The first kappa shape index (κ1) is 15.7. The molecule has 1 saturated carbocycles. The molecule has 1 fully saturated rings. The van der Waals surface area contributed by atoms with Gasteiger partial charge in [-0.25, -0.2) is 0 Å². The van der Waals surface area contributed by atoms with Gasteiger partial charge in [0.05, 0.1) is 11.1 Å². The van der Waals surface area contributed by atoms with Crippen LogP contribution in [0.5, 0.6) is 5.75 Å². The third-order valence-electron chi connectivity index (χ3n) is 3.72. The Bertz CT molecular complexity index is 413. The molecule has 1 aliphatic rings. The van der Waals surface area contributed by atoms with E-state index in [1.54, 1.807) is 0 Å². The quantitative estimate of drug-likeness (QED) is 0.814. The molecule has 0 atom stereocenters. The van der Waals surface area contributed by atoms with Gasteiger partial charge in [-0.15, -0.1) is 0 Å². The second kappa shape index (κ2) is 7.90. The highest BCUT2D eigenvalue weighted by molar-refractivity contribution is 6.32. The van der Waals surface area contributed by atoms with Gasteiger partial charge in [-0.05, 0) is 55.8 Å². The Labute approximate surface area is 127 Å². The number of ether oxygens (including phenoxy) is 1. The van der Waals surface area contributed by atoms with Gasteiger partial charge in [-0.1, -0.05) is 37.9 Å². The lowest BCUT2D eigenvalue weighted by Crippen LogP contribution is -2.20. The fourth-order valence-electron chi connectivity index (χ4n) is 2.62. The van der Waals surface area contributed by atoms with Crippen LogP contribution in [0.25, 0.3) is 0 Å². The van der Waals surface area contributed by atoms with E-state index in [0.717, 1.165) is 36.7 Å². The summed E-state index contributed by atoms with van der Waals surface area (Å²) in [4.78, 5) is 0. The summed E-state index contributed by atoms with van der Waals surface area (Å²) < 4.78 is 6.03. The SMILES string of the molecule is CC(C)CNCc1ccc(OC2CCCCC2)c(Cl)c1. The molecule has 2 rings (SSSR count). The lowest BCUT2D eigenvalue weighted by Gasteiger charge is -2.23. The van der Waals surface area contributed by atoms with Crippen LogP contribution in [-0.4, -0.2) is 12.6 Å². The molecule has 3 heteroatoms. The minimum absolute atomic E-state index is 0.353. The molecule has 1 aromatic rings. The average Bonchev–Trinajstić information content (AvgIpc) is 2.42. The van der Waals surface area contributed by atoms with Crippen LogP contribution in [0.2, 0.25) is 5.02 Å². The van der Waals surface area contributed by atoms with E-state index in [2.05, 4.69) is 25.2 Å². The number of nitrogens with one attached hydrogen (secondary N) is 1. The van der Waals surface area contributed by atoms with Crippen LogP contribution in [0.3, 0.4) is 0 Å². The summed E-state index contributed by atoms with van der Waals surface area (Å²) in [5, 5.41) is 4.17. The Morgan fingerprint density at radius 3 is 2.65 bits per heavy atom. The van der Waals surface area contributed by atoms with E-state index in [-0.39, 0.29) is 0 Å². The lowest BCUT2D eigenvalue weighted by molar-refractivity contribution is 0.155. The minimum Gasteiger partial charge on any atom is -0.489 e. The molecule has 0 aliphatic heterocycles. The maximum atomic E-state index is 6.34. The van der Waals surface area contributed by atoms with Crippen molar-refractivity contribution in [1.29, 1.82) is 0 Å². The Morgan fingerprint density at radius 2 is 2.00 bits per heavy atom. The zero-order chi connectivity index (χ0) is 14.4. The van der Waals surface area contributed by atoms with E-state index in [1.807, 2.05) is 12.1 Å². The van der Waals surface area contributed by atoms with Gasteiger partial charge in [0.1, 0.15) is 5.75 Å². The molecule has 0 amide bonds. The Balaban J connectivity index is 1.88. The maximum absolute atomic E-state index is 6.34. The molecule has 0 radical (unpaired) electrons. The second-order valence-corrected chi connectivity index (χ2v) is 6.57. The first-order valence-electron chi connectivity index (χ1n) is 7.81. The predicted molar refractivity (Wildman–Crippen MR) is 85.5 cm³/mol. The number of hydrogen-bond acceptors (Lipinski definition) is 2. The van der Waals surface area contributed by atoms with Crippen LogP contribution >= 0.6 is 11.6 Å². The fraction of sp³-hybridized carbons (Fsp3) is 0.647. The molecular formula is C17H26ClNO. The molecule has 20 heavy (non-hydrogen) atoms. The van der Waals surface area contributed by atoms with Crippen LogP contribution in [-0.2, 0) is 6.54 Å². The van der Waals surface area contributed by atoms with Crippen molar-refractivity contribution >= 4 is 11.6 Å². The van der Waals surface area contributed by atoms with Crippen molar-refractivity contribution in [2.45, 2.75) is 58.6 Å². The molecule has 0 saturated heterocycles. The molecule has 1 aromatic carbocycles. The topological polar surface area (TPSA) is 21.3 Å². The van der Waals surface area contributed by atoms with Crippen molar-refractivity contribution < 1.29 is 4.74 Å². The summed E-state index contributed by atoms with van der Waals surface area (Å²) in [7, 11) is 0. The maximum Gasteiger partial charge on any atom is 0.138 e. The summed E-state index contributed by atoms with van der Waals surface area (Å²) in [6.45, 7) is 6.31. The molecular weight excluding hydrogens is 270 g/mol. The van der Waals surface area contributed by atoms with Crippen molar-refractivity contribution in [3.63, 3.8) is 0 Å². The highest BCUT2D eigenvalue weighted by Gasteiger charge is 2.16. The molecule has 0 spiro atoms. The summed E-state index contributed by atoms with van der Waals surface area (Å²) in [5.74, 6) is 1.51. The third kappa shape index (κ3) is 4.99. The molecule has 0 aromatic heterocycles.